The lowest BCUT2D eigenvalue weighted by Gasteiger charge is -2.35. The fraction of sp³-hybridized carbons (Fsp3) is 0.917. The van der Waals surface area contributed by atoms with Crippen LogP contribution in [0.1, 0.15) is 46.5 Å². The Morgan fingerprint density at radius 3 is 2.62 bits per heavy atom. The molecule has 0 aromatic heterocycles. The second kappa shape index (κ2) is 5.41. The van der Waals surface area contributed by atoms with E-state index in [0.717, 1.165) is 5.92 Å². The number of carboxylic acid groups (broad SMARTS) is 1. The summed E-state index contributed by atoms with van der Waals surface area (Å²) in [5.41, 5.74) is 5.73. The van der Waals surface area contributed by atoms with Crippen LogP contribution < -0.4 is 5.73 Å². The first-order chi connectivity index (χ1) is 7.33. The van der Waals surface area contributed by atoms with Gasteiger partial charge in [-0.15, -0.1) is 0 Å². The summed E-state index contributed by atoms with van der Waals surface area (Å²) in [6.45, 7) is 6.16. The number of hydrogen-bond acceptors (Lipinski definition) is 3. The largest absolute Gasteiger partial charge is 0.480 e. The lowest BCUT2D eigenvalue weighted by molar-refractivity contribution is -0.139. The van der Waals surface area contributed by atoms with Crippen molar-refractivity contribution in [2.75, 3.05) is 0 Å². The molecule has 0 aromatic carbocycles. The van der Waals surface area contributed by atoms with Gasteiger partial charge >= 0.3 is 5.97 Å². The molecule has 1 aliphatic carbocycles. The van der Waals surface area contributed by atoms with Crippen LogP contribution in [-0.2, 0) is 4.79 Å². The van der Waals surface area contributed by atoms with E-state index in [1.165, 1.54) is 25.7 Å². The van der Waals surface area contributed by atoms with Gasteiger partial charge in [0.2, 0.25) is 0 Å². The molecule has 0 saturated heterocycles. The third kappa shape index (κ3) is 3.67. The molecule has 0 bridgehead atoms. The Hall–Kier alpha value is -0.220. The molecule has 4 heteroatoms. The molecule has 1 rings (SSSR count). The summed E-state index contributed by atoms with van der Waals surface area (Å²) in [6, 6.07) is -0.783. The number of hydrogen-bond donors (Lipinski definition) is 2. The van der Waals surface area contributed by atoms with E-state index in [1.54, 1.807) is 11.8 Å². The van der Waals surface area contributed by atoms with Crippen molar-refractivity contribution in [2.24, 2.45) is 11.7 Å². The van der Waals surface area contributed by atoms with Crippen molar-refractivity contribution >= 4 is 17.7 Å². The molecule has 0 amide bonds. The molecular weight excluding hydrogens is 222 g/mol. The Morgan fingerprint density at radius 2 is 2.12 bits per heavy atom. The van der Waals surface area contributed by atoms with Crippen LogP contribution in [0.3, 0.4) is 0 Å². The standard InChI is InChI=1S/C12H23NO2S/c1-8-5-4-6-9(7-8)16-12(2,3)10(13)11(14)15/h8-10H,4-7,13H2,1-3H3,(H,14,15)/t8?,9?,10-/m1/s1. The highest BCUT2D eigenvalue weighted by Gasteiger charge is 2.35. The monoisotopic (exact) mass is 245 g/mol. The molecule has 1 fully saturated rings. The van der Waals surface area contributed by atoms with Crippen molar-refractivity contribution in [2.45, 2.75) is 62.5 Å². The highest BCUT2D eigenvalue weighted by molar-refractivity contribution is 8.01. The molecular formula is C12H23NO2S. The Balaban J connectivity index is 2.54. The predicted octanol–water partition coefficient (Wildman–Crippen LogP) is 2.49. The summed E-state index contributed by atoms with van der Waals surface area (Å²) < 4.78 is -0.381. The third-order valence-electron chi connectivity index (χ3n) is 3.37. The summed E-state index contributed by atoms with van der Waals surface area (Å²) in [5.74, 6) is -0.135. The Morgan fingerprint density at radius 1 is 1.50 bits per heavy atom. The van der Waals surface area contributed by atoms with Gasteiger partial charge in [0.15, 0.2) is 0 Å². The van der Waals surface area contributed by atoms with Crippen LogP contribution in [-0.4, -0.2) is 27.1 Å². The van der Waals surface area contributed by atoms with E-state index in [9.17, 15) is 4.79 Å². The van der Waals surface area contributed by atoms with Gasteiger partial charge in [-0.3, -0.25) is 4.79 Å². The number of thioether (sulfide) groups is 1. The van der Waals surface area contributed by atoms with Gasteiger partial charge in [-0.1, -0.05) is 19.8 Å². The summed E-state index contributed by atoms with van der Waals surface area (Å²) >= 11 is 1.76. The lowest BCUT2D eigenvalue weighted by atomic mass is 9.90. The van der Waals surface area contributed by atoms with Crippen molar-refractivity contribution in [3.8, 4) is 0 Å². The second-order valence-corrected chi connectivity index (χ2v) is 7.39. The average Bonchev–Trinajstić information content (AvgIpc) is 2.15. The lowest BCUT2D eigenvalue weighted by Crippen LogP contribution is -2.47. The smallest absolute Gasteiger partial charge is 0.321 e. The van der Waals surface area contributed by atoms with Gasteiger partial charge in [-0.05, 0) is 32.6 Å². The molecule has 3 nitrogen and oxygen atoms in total. The van der Waals surface area contributed by atoms with Crippen molar-refractivity contribution < 1.29 is 9.90 Å². The SMILES string of the molecule is CC1CCCC(SC(C)(C)[C@H](N)C(=O)O)C1. The van der Waals surface area contributed by atoms with E-state index in [4.69, 9.17) is 10.8 Å². The van der Waals surface area contributed by atoms with E-state index >= 15 is 0 Å². The topological polar surface area (TPSA) is 63.3 Å². The number of rotatable bonds is 4. The van der Waals surface area contributed by atoms with Gasteiger partial charge in [-0.25, -0.2) is 0 Å². The zero-order valence-electron chi connectivity index (χ0n) is 10.4. The van der Waals surface area contributed by atoms with E-state index in [2.05, 4.69) is 6.92 Å². The highest BCUT2D eigenvalue weighted by Crippen LogP contribution is 2.39. The fourth-order valence-corrected chi connectivity index (χ4v) is 4.10. The van der Waals surface area contributed by atoms with Crippen molar-refractivity contribution in [3.05, 3.63) is 0 Å². The van der Waals surface area contributed by atoms with Crippen LogP contribution >= 0.6 is 11.8 Å². The summed E-state index contributed by atoms with van der Waals surface area (Å²) in [6.07, 6.45) is 4.96. The first kappa shape index (κ1) is 13.8. The first-order valence-electron chi connectivity index (χ1n) is 5.99. The average molecular weight is 245 g/mol. The van der Waals surface area contributed by atoms with Gasteiger partial charge in [0.25, 0.3) is 0 Å². The van der Waals surface area contributed by atoms with Crippen molar-refractivity contribution in [1.29, 1.82) is 0 Å². The van der Waals surface area contributed by atoms with Crippen molar-refractivity contribution in [3.63, 3.8) is 0 Å². The van der Waals surface area contributed by atoms with Gasteiger partial charge < -0.3 is 10.8 Å². The van der Waals surface area contributed by atoms with Crippen LogP contribution in [0.5, 0.6) is 0 Å². The van der Waals surface area contributed by atoms with E-state index in [1.807, 2.05) is 13.8 Å². The quantitative estimate of drug-likeness (QED) is 0.798. The molecule has 1 saturated carbocycles. The maximum Gasteiger partial charge on any atom is 0.321 e. The molecule has 1 aliphatic rings. The number of nitrogens with two attached hydrogens (primary N) is 1. The zero-order chi connectivity index (χ0) is 12.3. The van der Waals surface area contributed by atoms with Crippen LogP contribution in [0.2, 0.25) is 0 Å². The molecule has 94 valence electrons. The highest BCUT2D eigenvalue weighted by atomic mass is 32.2. The van der Waals surface area contributed by atoms with Gasteiger partial charge in [0, 0.05) is 10.00 Å². The maximum absolute atomic E-state index is 10.9. The molecule has 16 heavy (non-hydrogen) atoms. The van der Waals surface area contributed by atoms with E-state index < -0.39 is 12.0 Å². The molecule has 3 atom stereocenters. The first-order valence-corrected chi connectivity index (χ1v) is 6.87. The molecule has 0 radical (unpaired) electrons. The van der Waals surface area contributed by atoms with Gasteiger partial charge in [0.05, 0.1) is 0 Å². The molecule has 0 spiro atoms. The summed E-state index contributed by atoms with van der Waals surface area (Å²) in [5, 5.41) is 9.53. The van der Waals surface area contributed by atoms with Crippen LogP contribution in [0.25, 0.3) is 0 Å². The van der Waals surface area contributed by atoms with Crippen LogP contribution in [0.4, 0.5) is 0 Å². The normalized spacial score (nSPS) is 28.8. The minimum absolute atomic E-state index is 0.381. The minimum atomic E-state index is -0.902. The molecule has 0 heterocycles. The third-order valence-corrected chi connectivity index (χ3v) is 5.00. The second-order valence-electron chi connectivity index (χ2n) is 5.43. The van der Waals surface area contributed by atoms with E-state index in [-0.39, 0.29) is 4.75 Å². The molecule has 0 aromatic rings. The number of carbonyl (C=O) groups is 1. The predicted molar refractivity (Wildman–Crippen MR) is 68.7 cm³/mol. The molecule has 2 unspecified atom stereocenters. The Bertz CT molecular complexity index is 255. The fourth-order valence-electron chi connectivity index (χ4n) is 2.29. The van der Waals surface area contributed by atoms with Gasteiger partial charge in [-0.2, -0.15) is 11.8 Å². The Kier molecular flexibility index (Phi) is 4.68. The number of carboxylic acids is 1. The summed E-state index contributed by atoms with van der Waals surface area (Å²) in [4.78, 5) is 10.9. The Labute approximate surface area is 102 Å². The minimum Gasteiger partial charge on any atom is -0.480 e. The zero-order valence-corrected chi connectivity index (χ0v) is 11.2. The number of aliphatic carboxylic acids is 1. The van der Waals surface area contributed by atoms with Crippen LogP contribution in [0.15, 0.2) is 0 Å². The van der Waals surface area contributed by atoms with Gasteiger partial charge in [0.1, 0.15) is 6.04 Å². The van der Waals surface area contributed by atoms with Crippen molar-refractivity contribution in [1.82, 2.24) is 0 Å². The maximum atomic E-state index is 10.9. The van der Waals surface area contributed by atoms with E-state index in [0.29, 0.717) is 5.25 Å². The van der Waals surface area contributed by atoms with Crippen LogP contribution in [0, 0.1) is 5.92 Å². The summed E-state index contributed by atoms with van der Waals surface area (Å²) in [7, 11) is 0. The molecule has 0 aliphatic heterocycles. The molecule has 3 N–H and O–H groups in total.